The van der Waals surface area contributed by atoms with E-state index in [1.54, 1.807) is 0 Å². The predicted octanol–water partition coefficient (Wildman–Crippen LogP) is 2.99. The topological polar surface area (TPSA) is 9.23 Å². The molecule has 0 radical (unpaired) electrons. The Balaban J connectivity index is 1.55. The van der Waals surface area contributed by atoms with Gasteiger partial charge in [-0.3, -0.25) is 0 Å². The zero-order chi connectivity index (χ0) is 8.84. The quantitative estimate of drug-likeness (QED) is 0.634. The molecule has 13 heavy (non-hydrogen) atoms. The molecule has 0 N–H and O–H groups in total. The summed E-state index contributed by atoms with van der Waals surface area (Å²) < 4.78 is 5.99. The zero-order valence-electron chi connectivity index (χ0n) is 8.54. The second-order valence-corrected chi connectivity index (χ2v) is 5.53. The highest BCUT2D eigenvalue weighted by Crippen LogP contribution is 2.48. The SMILES string of the molecule is C[C@H]1CC2C[C@@H](OC3CC3)CC2C1. The van der Waals surface area contributed by atoms with E-state index in [1.165, 1.54) is 38.5 Å². The van der Waals surface area contributed by atoms with Gasteiger partial charge in [0.1, 0.15) is 0 Å². The second-order valence-electron chi connectivity index (χ2n) is 5.53. The Morgan fingerprint density at radius 3 is 2.00 bits per heavy atom. The predicted molar refractivity (Wildman–Crippen MR) is 52.5 cm³/mol. The van der Waals surface area contributed by atoms with E-state index in [1.807, 2.05) is 0 Å². The van der Waals surface area contributed by atoms with Gasteiger partial charge in [-0.05, 0) is 56.3 Å². The average Bonchev–Trinajstić information content (AvgIpc) is 2.68. The summed E-state index contributed by atoms with van der Waals surface area (Å²) in [5.74, 6) is 3.05. The molecule has 0 aromatic rings. The summed E-state index contributed by atoms with van der Waals surface area (Å²) in [7, 11) is 0. The fourth-order valence-electron chi connectivity index (χ4n) is 3.45. The monoisotopic (exact) mass is 180 g/mol. The van der Waals surface area contributed by atoms with E-state index in [-0.39, 0.29) is 0 Å². The van der Waals surface area contributed by atoms with Crippen LogP contribution in [0.4, 0.5) is 0 Å². The first-order valence-electron chi connectivity index (χ1n) is 5.96. The van der Waals surface area contributed by atoms with Crippen molar-refractivity contribution in [1.82, 2.24) is 0 Å². The van der Waals surface area contributed by atoms with Gasteiger partial charge < -0.3 is 4.74 Å². The third kappa shape index (κ3) is 1.63. The summed E-state index contributed by atoms with van der Waals surface area (Å²) in [5.41, 5.74) is 0. The number of ether oxygens (including phenoxy) is 1. The molecule has 0 aliphatic heterocycles. The lowest BCUT2D eigenvalue weighted by molar-refractivity contribution is 0.0386. The molecule has 74 valence electrons. The molecule has 3 saturated carbocycles. The minimum absolute atomic E-state index is 0.648. The van der Waals surface area contributed by atoms with Gasteiger partial charge in [0.25, 0.3) is 0 Å². The Bertz CT molecular complexity index is 183. The molecule has 0 spiro atoms. The number of hydrogen-bond acceptors (Lipinski definition) is 1. The molecule has 0 aromatic carbocycles. The highest BCUT2D eigenvalue weighted by atomic mass is 16.5. The maximum absolute atomic E-state index is 5.99. The minimum Gasteiger partial charge on any atom is -0.375 e. The van der Waals surface area contributed by atoms with Gasteiger partial charge in [0, 0.05) is 0 Å². The molecule has 1 heteroatoms. The molecule has 2 atom stereocenters. The lowest BCUT2D eigenvalue weighted by Crippen LogP contribution is -2.11. The molecule has 3 rings (SSSR count). The molecule has 3 fully saturated rings. The zero-order valence-corrected chi connectivity index (χ0v) is 8.54. The van der Waals surface area contributed by atoms with E-state index in [9.17, 15) is 0 Å². The fraction of sp³-hybridized carbons (Fsp3) is 1.00. The molecule has 3 aliphatic carbocycles. The largest absolute Gasteiger partial charge is 0.375 e. The van der Waals surface area contributed by atoms with Gasteiger partial charge in [-0.25, -0.2) is 0 Å². The number of fused-ring (bicyclic) bond motifs is 1. The number of rotatable bonds is 2. The third-order valence-corrected chi connectivity index (χ3v) is 4.12. The Morgan fingerprint density at radius 2 is 1.46 bits per heavy atom. The van der Waals surface area contributed by atoms with Crippen LogP contribution in [0.1, 0.15) is 45.4 Å². The van der Waals surface area contributed by atoms with Gasteiger partial charge in [-0.1, -0.05) is 6.92 Å². The van der Waals surface area contributed by atoms with Crippen LogP contribution in [0.15, 0.2) is 0 Å². The molecule has 3 aliphatic rings. The van der Waals surface area contributed by atoms with Crippen molar-refractivity contribution in [2.75, 3.05) is 0 Å². The number of hydrogen-bond donors (Lipinski definition) is 0. The van der Waals surface area contributed by atoms with E-state index >= 15 is 0 Å². The van der Waals surface area contributed by atoms with Gasteiger partial charge in [0.15, 0.2) is 0 Å². The van der Waals surface area contributed by atoms with Gasteiger partial charge >= 0.3 is 0 Å². The van der Waals surface area contributed by atoms with Crippen molar-refractivity contribution in [2.45, 2.75) is 57.7 Å². The van der Waals surface area contributed by atoms with E-state index < -0.39 is 0 Å². The highest BCUT2D eigenvalue weighted by Gasteiger charge is 2.42. The van der Waals surface area contributed by atoms with Crippen LogP contribution in [0.25, 0.3) is 0 Å². The van der Waals surface area contributed by atoms with Gasteiger partial charge in [0.05, 0.1) is 12.2 Å². The van der Waals surface area contributed by atoms with E-state index in [0.29, 0.717) is 12.2 Å². The Labute approximate surface area is 80.8 Å². The molecule has 0 heterocycles. The van der Waals surface area contributed by atoms with Gasteiger partial charge in [-0.15, -0.1) is 0 Å². The Morgan fingerprint density at radius 1 is 0.846 bits per heavy atom. The fourth-order valence-corrected chi connectivity index (χ4v) is 3.45. The van der Waals surface area contributed by atoms with Crippen LogP contribution in [0.3, 0.4) is 0 Å². The minimum atomic E-state index is 0.648. The third-order valence-electron chi connectivity index (χ3n) is 4.12. The van der Waals surface area contributed by atoms with Crippen molar-refractivity contribution in [3.63, 3.8) is 0 Å². The first-order chi connectivity index (χ1) is 6.31. The lowest BCUT2D eigenvalue weighted by Gasteiger charge is -2.12. The van der Waals surface area contributed by atoms with Gasteiger partial charge in [0.2, 0.25) is 0 Å². The first kappa shape index (κ1) is 8.28. The van der Waals surface area contributed by atoms with Crippen LogP contribution in [-0.2, 0) is 4.74 Å². The van der Waals surface area contributed by atoms with Gasteiger partial charge in [-0.2, -0.15) is 0 Å². The molecule has 2 unspecified atom stereocenters. The second kappa shape index (κ2) is 2.98. The summed E-state index contributed by atoms with van der Waals surface area (Å²) in [5, 5.41) is 0. The Hall–Kier alpha value is -0.0400. The van der Waals surface area contributed by atoms with E-state index in [2.05, 4.69) is 6.92 Å². The van der Waals surface area contributed by atoms with Crippen molar-refractivity contribution in [1.29, 1.82) is 0 Å². The molecule has 0 aromatic heterocycles. The van der Waals surface area contributed by atoms with Crippen LogP contribution >= 0.6 is 0 Å². The Kier molecular flexibility index (Phi) is 1.90. The molecular weight excluding hydrogens is 160 g/mol. The summed E-state index contributed by atoms with van der Waals surface area (Å²) in [6, 6.07) is 0. The van der Waals surface area contributed by atoms with Crippen molar-refractivity contribution in [2.24, 2.45) is 17.8 Å². The van der Waals surface area contributed by atoms with Crippen molar-refractivity contribution >= 4 is 0 Å². The molecular formula is C12H20O. The van der Waals surface area contributed by atoms with Crippen molar-refractivity contribution in [3.8, 4) is 0 Å². The molecule has 0 amide bonds. The lowest BCUT2D eigenvalue weighted by atomic mass is 10.0. The maximum atomic E-state index is 5.99. The molecule has 0 bridgehead atoms. The van der Waals surface area contributed by atoms with Crippen LogP contribution in [-0.4, -0.2) is 12.2 Å². The molecule has 0 saturated heterocycles. The van der Waals surface area contributed by atoms with Crippen molar-refractivity contribution in [3.05, 3.63) is 0 Å². The normalized spacial score (nSPS) is 49.6. The van der Waals surface area contributed by atoms with Crippen LogP contribution < -0.4 is 0 Å². The van der Waals surface area contributed by atoms with Crippen LogP contribution in [0.5, 0.6) is 0 Å². The van der Waals surface area contributed by atoms with Crippen molar-refractivity contribution < 1.29 is 4.74 Å². The van der Waals surface area contributed by atoms with Crippen LogP contribution in [0, 0.1) is 17.8 Å². The smallest absolute Gasteiger partial charge is 0.0584 e. The average molecular weight is 180 g/mol. The molecule has 1 nitrogen and oxygen atoms in total. The maximum Gasteiger partial charge on any atom is 0.0584 e. The van der Waals surface area contributed by atoms with E-state index in [0.717, 1.165) is 17.8 Å². The summed E-state index contributed by atoms with van der Waals surface area (Å²) >= 11 is 0. The summed E-state index contributed by atoms with van der Waals surface area (Å²) in [6.07, 6.45) is 9.71. The summed E-state index contributed by atoms with van der Waals surface area (Å²) in [6.45, 7) is 2.41. The van der Waals surface area contributed by atoms with E-state index in [4.69, 9.17) is 4.74 Å². The van der Waals surface area contributed by atoms with Crippen LogP contribution in [0.2, 0.25) is 0 Å². The summed E-state index contributed by atoms with van der Waals surface area (Å²) in [4.78, 5) is 0. The standard InChI is InChI=1S/C12H20O/c1-8-4-9-6-12(7-10(9)5-8)13-11-2-3-11/h8-12H,2-7H2,1H3/t8-,9?,10?,12+. The highest BCUT2D eigenvalue weighted by molar-refractivity contribution is 4.92. The first-order valence-corrected chi connectivity index (χ1v) is 5.96.